The second kappa shape index (κ2) is 13.1. The molecule has 13 nitrogen and oxygen atoms in total. The summed E-state index contributed by atoms with van der Waals surface area (Å²) < 4.78 is 41.4. The minimum absolute atomic E-state index is 0.0327. The molecule has 2 heterocycles. The summed E-state index contributed by atoms with van der Waals surface area (Å²) in [7, 11) is -1.37. The Kier molecular flexibility index (Phi) is 9.16. The van der Waals surface area contributed by atoms with Crippen molar-refractivity contribution in [2.75, 3.05) is 17.3 Å². The van der Waals surface area contributed by atoms with Gasteiger partial charge >= 0.3 is 5.97 Å². The van der Waals surface area contributed by atoms with Gasteiger partial charge in [-0.25, -0.2) is 9.48 Å². The number of nitrogens with zero attached hydrogens (tertiary/aromatic N) is 5. The molecule has 1 fully saturated rings. The summed E-state index contributed by atoms with van der Waals surface area (Å²) in [4.78, 5) is 41.7. The minimum Gasteiger partial charge on any atom is -0.486 e. The number of sulfonamides is 1. The largest absolute Gasteiger partial charge is 0.486 e. The summed E-state index contributed by atoms with van der Waals surface area (Å²) in [5, 5.41) is 6.69. The van der Waals surface area contributed by atoms with Crippen LogP contribution < -0.4 is 25.7 Å². The van der Waals surface area contributed by atoms with Gasteiger partial charge in [-0.1, -0.05) is 35.4 Å². The summed E-state index contributed by atoms with van der Waals surface area (Å²) >= 11 is 5.77. The number of aromatic nitrogens is 2. The first-order valence-electron chi connectivity index (χ1n) is 14.0. The van der Waals surface area contributed by atoms with E-state index in [1.54, 1.807) is 36.4 Å². The summed E-state index contributed by atoms with van der Waals surface area (Å²) in [5.41, 5.74) is 2.99. The highest BCUT2D eigenvalue weighted by atomic mass is 32.2. The van der Waals surface area contributed by atoms with Gasteiger partial charge in [-0.3, -0.25) is 19.8 Å². The summed E-state index contributed by atoms with van der Waals surface area (Å²) in [6.45, 7) is 3.59. The van der Waals surface area contributed by atoms with Crippen molar-refractivity contribution in [3.05, 3.63) is 101 Å². The molecule has 46 heavy (non-hydrogen) atoms. The van der Waals surface area contributed by atoms with Gasteiger partial charge in [0, 0.05) is 5.69 Å². The van der Waals surface area contributed by atoms with Gasteiger partial charge in [-0.2, -0.15) is 8.42 Å². The van der Waals surface area contributed by atoms with Crippen molar-refractivity contribution in [3.63, 3.8) is 0 Å². The first-order chi connectivity index (χ1) is 21.9. The van der Waals surface area contributed by atoms with Gasteiger partial charge in [-0.15, -0.1) is 4.40 Å². The van der Waals surface area contributed by atoms with Crippen LogP contribution in [0.1, 0.15) is 33.6 Å². The van der Waals surface area contributed by atoms with Crippen molar-refractivity contribution in [3.8, 4) is 0 Å². The first kappa shape index (κ1) is 32.2. The molecular weight excluding hydrogens is 633 g/mol. The van der Waals surface area contributed by atoms with E-state index >= 15 is 0 Å². The number of thiocarbonyl (C=S) groups is 1. The zero-order valence-electron chi connectivity index (χ0n) is 25.3. The first-order valence-corrected chi connectivity index (χ1v) is 15.8. The highest BCUT2D eigenvalue weighted by Crippen LogP contribution is 2.29. The smallest absolute Gasteiger partial charge is 0.337 e. The van der Waals surface area contributed by atoms with E-state index in [0.717, 1.165) is 11.1 Å². The van der Waals surface area contributed by atoms with Gasteiger partial charge in [0.1, 0.15) is 19.6 Å². The number of esters is 1. The predicted octanol–water partition coefficient (Wildman–Crippen LogP) is 2.29. The fourth-order valence-electron chi connectivity index (χ4n) is 4.75. The molecule has 0 bridgehead atoms. The molecule has 0 saturated carbocycles. The average molecular weight is 663 g/mol. The van der Waals surface area contributed by atoms with Gasteiger partial charge < -0.3 is 19.5 Å². The van der Waals surface area contributed by atoms with Crippen LogP contribution in [0.4, 0.5) is 11.4 Å². The van der Waals surface area contributed by atoms with Gasteiger partial charge in [0.15, 0.2) is 5.11 Å². The number of hydrogen-bond donors (Lipinski definition) is 1. The maximum atomic E-state index is 13.9. The third-order valence-corrected chi connectivity index (χ3v) is 9.00. The monoisotopic (exact) mass is 662 g/mol. The van der Waals surface area contributed by atoms with Crippen molar-refractivity contribution in [2.24, 2.45) is 11.4 Å². The summed E-state index contributed by atoms with van der Waals surface area (Å²) in [6.07, 6.45) is -0.302. The van der Waals surface area contributed by atoms with E-state index < -0.39 is 33.8 Å². The summed E-state index contributed by atoms with van der Waals surface area (Å²) in [6, 6.07) is 18.4. The Hall–Kier alpha value is -5.15. The van der Waals surface area contributed by atoms with E-state index in [4.69, 9.17) is 21.5 Å². The van der Waals surface area contributed by atoms with Crippen molar-refractivity contribution >= 4 is 56.5 Å². The van der Waals surface area contributed by atoms with E-state index in [2.05, 4.69) is 15.0 Å². The van der Waals surface area contributed by atoms with E-state index in [-0.39, 0.29) is 34.2 Å². The molecule has 1 saturated heterocycles. The average Bonchev–Trinajstić information content (AvgIpc) is 3.48. The molecule has 1 aliphatic rings. The molecular formula is C31H30N6O7S2. The lowest BCUT2D eigenvalue weighted by atomic mass is 10.1. The highest BCUT2D eigenvalue weighted by Gasteiger charge is 2.45. The Balaban J connectivity index is 1.47. The van der Waals surface area contributed by atoms with Crippen LogP contribution in [-0.4, -0.2) is 49.4 Å². The number of carbonyl (C=O) groups is 3. The number of aryl methyl sites for hydroxylation is 3. The number of anilines is 2. The molecule has 15 heteroatoms. The number of rotatable bonds is 9. The lowest BCUT2D eigenvalue weighted by Crippen LogP contribution is -2.45. The van der Waals surface area contributed by atoms with Crippen LogP contribution in [0.15, 0.2) is 86.6 Å². The number of methoxy groups -OCH3 is 1. The molecule has 5 rings (SSSR count). The van der Waals surface area contributed by atoms with Crippen LogP contribution >= 0.6 is 12.2 Å². The number of benzene rings is 3. The van der Waals surface area contributed by atoms with E-state index in [0.29, 0.717) is 16.9 Å². The molecule has 1 N–H and O–H groups in total. The molecule has 1 aliphatic heterocycles. The van der Waals surface area contributed by atoms with Gasteiger partial charge in [0.05, 0.1) is 29.7 Å². The quantitative estimate of drug-likeness (QED) is 0.160. The van der Waals surface area contributed by atoms with Gasteiger partial charge in [0.25, 0.3) is 27.2 Å². The minimum atomic E-state index is -4.18. The number of amides is 2. The van der Waals surface area contributed by atoms with Crippen LogP contribution in [0.2, 0.25) is 0 Å². The number of carbonyl (C=O) groups excluding carboxylic acids is 3. The van der Waals surface area contributed by atoms with Crippen molar-refractivity contribution in [2.45, 2.75) is 37.8 Å². The van der Waals surface area contributed by atoms with Crippen LogP contribution in [0.25, 0.3) is 0 Å². The Labute approximate surface area is 270 Å². The molecule has 238 valence electrons. The molecule has 3 aromatic carbocycles. The maximum Gasteiger partial charge on any atom is 0.337 e. The standard InChI is InChI=1S/C31H30N6O7S2/c1-19-5-13-23(14-6-19)37-29(39)25(17-27(38)32-22-11-9-21(10-12-22)30(40)43-4)36(31(37)45)18-26-28(44-34-35(26)3)33-46(41,42)24-15-7-20(2)8-16-24/h5-16,25H,17-18H2,1-4H3,(H,32,38)/b33-28-. The van der Waals surface area contributed by atoms with Gasteiger partial charge in [0.2, 0.25) is 5.91 Å². The molecule has 4 aromatic rings. The number of nitrogens with one attached hydrogen (secondary N) is 1. The maximum absolute atomic E-state index is 13.9. The third-order valence-electron chi connectivity index (χ3n) is 7.31. The third kappa shape index (κ3) is 6.74. The SMILES string of the molecule is COC(=O)c1ccc(NC(=O)CC2C(=O)N(c3ccc(C)cc3)C(=S)N2Cc2/c(=N/S(=O)(=O)c3ccc(C)cc3)o[n-][n+]2C)cc1. The van der Waals surface area contributed by atoms with Gasteiger partial charge in [-0.05, 0) is 74.6 Å². The second-order valence-electron chi connectivity index (χ2n) is 10.6. The van der Waals surface area contributed by atoms with E-state index in [9.17, 15) is 22.8 Å². The molecule has 0 aliphatic carbocycles. The molecule has 2 amide bonds. The van der Waals surface area contributed by atoms with Crippen molar-refractivity contribution in [1.82, 2.24) is 10.2 Å². The Morgan fingerprint density at radius 1 is 1.02 bits per heavy atom. The molecule has 0 spiro atoms. The Morgan fingerprint density at radius 3 is 2.24 bits per heavy atom. The second-order valence-corrected chi connectivity index (χ2v) is 12.6. The predicted molar refractivity (Wildman–Crippen MR) is 169 cm³/mol. The van der Waals surface area contributed by atoms with Crippen LogP contribution in [0.3, 0.4) is 0 Å². The van der Waals surface area contributed by atoms with E-state index in [1.807, 2.05) is 26.0 Å². The molecule has 0 radical (unpaired) electrons. The molecule has 1 unspecified atom stereocenters. The fourth-order valence-corrected chi connectivity index (χ4v) is 6.08. The zero-order chi connectivity index (χ0) is 33.2. The Morgan fingerprint density at radius 2 is 1.63 bits per heavy atom. The normalized spacial score (nSPS) is 15.4. The van der Waals surface area contributed by atoms with E-state index in [1.165, 1.54) is 52.9 Å². The van der Waals surface area contributed by atoms with Crippen molar-refractivity contribution < 1.29 is 36.7 Å². The van der Waals surface area contributed by atoms with Crippen molar-refractivity contribution in [1.29, 1.82) is 0 Å². The Bertz CT molecular complexity index is 1980. The number of ether oxygens (including phenoxy) is 1. The highest BCUT2D eigenvalue weighted by molar-refractivity contribution is 7.90. The van der Waals surface area contributed by atoms with Crippen LogP contribution in [0, 0.1) is 13.8 Å². The summed E-state index contributed by atoms with van der Waals surface area (Å²) in [5.74, 6) is -1.46. The zero-order valence-corrected chi connectivity index (χ0v) is 27.0. The lowest BCUT2D eigenvalue weighted by molar-refractivity contribution is -0.752. The van der Waals surface area contributed by atoms with Crippen LogP contribution in [0.5, 0.6) is 0 Å². The van der Waals surface area contributed by atoms with Crippen LogP contribution in [-0.2, 0) is 37.9 Å². The fraction of sp³-hybridized carbons (Fsp3) is 0.226. The molecule has 1 aromatic heterocycles. The molecule has 1 atom stereocenters. The number of hydrogen-bond acceptors (Lipinski definition) is 8. The lowest BCUT2D eigenvalue weighted by Gasteiger charge is -2.22. The topological polar surface area (TPSA) is 157 Å².